The highest BCUT2D eigenvalue weighted by Crippen LogP contribution is 2.49. The summed E-state index contributed by atoms with van der Waals surface area (Å²) in [6, 6.07) is 0. The Morgan fingerprint density at radius 2 is 2.14 bits per heavy atom. The van der Waals surface area contributed by atoms with Crippen molar-refractivity contribution in [2.45, 2.75) is 56.8 Å². The minimum atomic E-state index is -1.32. The van der Waals surface area contributed by atoms with Crippen LogP contribution in [-0.2, 0) is 9.47 Å². The van der Waals surface area contributed by atoms with Gasteiger partial charge in [-0.25, -0.2) is 4.79 Å². The molecule has 2 aliphatic rings. The second-order valence-electron chi connectivity index (χ2n) is 6.47. The molecule has 3 heterocycles. The van der Waals surface area contributed by atoms with Crippen molar-refractivity contribution in [3.8, 4) is 0 Å². The molecule has 2 saturated heterocycles. The number of aromatic nitrogens is 2. The van der Waals surface area contributed by atoms with Crippen LogP contribution in [0.3, 0.4) is 0 Å². The summed E-state index contributed by atoms with van der Waals surface area (Å²) in [4.78, 5) is 25.7. The molecule has 8 heteroatoms. The molecule has 2 aliphatic heterocycles. The van der Waals surface area contributed by atoms with Crippen LogP contribution in [0.2, 0.25) is 0 Å². The Morgan fingerprint density at radius 1 is 1.45 bits per heavy atom. The van der Waals surface area contributed by atoms with E-state index in [1.807, 2.05) is 0 Å². The van der Waals surface area contributed by atoms with E-state index < -0.39 is 40.9 Å². The van der Waals surface area contributed by atoms with E-state index >= 15 is 0 Å². The van der Waals surface area contributed by atoms with Crippen molar-refractivity contribution in [2.24, 2.45) is 0 Å². The summed E-state index contributed by atoms with van der Waals surface area (Å²) in [5.74, 6) is 0. The van der Waals surface area contributed by atoms with Gasteiger partial charge < -0.3 is 19.7 Å². The van der Waals surface area contributed by atoms with Gasteiger partial charge in [-0.15, -0.1) is 0 Å². The Labute approximate surface area is 126 Å². The summed E-state index contributed by atoms with van der Waals surface area (Å²) in [6.45, 7) is 4.99. The lowest BCUT2D eigenvalue weighted by Gasteiger charge is -2.43. The molecule has 1 aromatic rings. The molecule has 1 aromatic heterocycles. The van der Waals surface area contributed by atoms with Gasteiger partial charge in [-0.05, 0) is 20.8 Å². The Hall–Kier alpha value is -1.48. The number of hydrogen-bond donors (Lipinski definition) is 3. The van der Waals surface area contributed by atoms with Gasteiger partial charge >= 0.3 is 5.69 Å². The first-order chi connectivity index (χ1) is 10.2. The van der Waals surface area contributed by atoms with Crippen molar-refractivity contribution < 1.29 is 19.7 Å². The molecule has 2 unspecified atom stereocenters. The molecular formula is C14H20N2O6. The number of aliphatic hydroxyl groups is 2. The molecule has 122 valence electrons. The van der Waals surface area contributed by atoms with Crippen LogP contribution < -0.4 is 11.2 Å². The monoisotopic (exact) mass is 312 g/mol. The average molecular weight is 312 g/mol. The van der Waals surface area contributed by atoms with Gasteiger partial charge in [0.05, 0.1) is 12.2 Å². The topological polar surface area (TPSA) is 114 Å². The third-order valence-electron chi connectivity index (χ3n) is 4.64. The number of aryl methyl sites for hydroxylation is 1. The summed E-state index contributed by atoms with van der Waals surface area (Å²) in [7, 11) is 0. The van der Waals surface area contributed by atoms with Crippen LogP contribution in [0.25, 0.3) is 0 Å². The first-order valence-electron chi connectivity index (χ1n) is 7.19. The lowest BCUT2D eigenvalue weighted by molar-refractivity contribution is -0.212. The molecule has 0 amide bonds. The number of nitrogens with one attached hydrogen (secondary N) is 1. The maximum atomic E-state index is 12.1. The predicted octanol–water partition coefficient (Wildman–Crippen LogP) is -0.967. The van der Waals surface area contributed by atoms with Crippen LogP contribution in [0.5, 0.6) is 0 Å². The maximum absolute atomic E-state index is 12.1. The summed E-state index contributed by atoms with van der Waals surface area (Å²) >= 11 is 0. The Bertz CT molecular complexity index is 703. The minimum Gasteiger partial charge on any atom is -0.387 e. The van der Waals surface area contributed by atoms with Gasteiger partial charge in [0, 0.05) is 18.2 Å². The van der Waals surface area contributed by atoms with Crippen molar-refractivity contribution in [3.05, 3.63) is 32.6 Å². The van der Waals surface area contributed by atoms with Crippen molar-refractivity contribution in [1.82, 2.24) is 9.55 Å². The number of rotatable bonds is 2. The third-order valence-corrected chi connectivity index (χ3v) is 4.64. The smallest absolute Gasteiger partial charge is 0.330 e. The fourth-order valence-electron chi connectivity index (χ4n) is 3.30. The van der Waals surface area contributed by atoms with E-state index in [2.05, 4.69) is 4.98 Å². The third kappa shape index (κ3) is 1.98. The first kappa shape index (κ1) is 15.4. The largest absolute Gasteiger partial charge is 0.387 e. The fraction of sp³-hybridized carbons (Fsp3) is 0.714. The summed E-state index contributed by atoms with van der Waals surface area (Å²) in [5, 5.41) is 21.0. The number of aliphatic hydroxyl groups excluding tert-OH is 1. The summed E-state index contributed by atoms with van der Waals surface area (Å²) in [5.41, 5.74) is -3.30. The lowest BCUT2D eigenvalue weighted by atomic mass is 9.77. The highest BCUT2D eigenvalue weighted by atomic mass is 16.6. The molecule has 0 spiro atoms. The molecule has 0 aliphatic carbocycles. The average Bonchev–Trinajstić information content (AvgIpc) is 2.59. The van der Waals surface area contributed by atoms with E-state index in [4.69, 9.17) is 9.47 Å². The van der Waals surface area contributed by atoms with Crippen LogP contribution in [0.15, 0.2) is 15.8 Å². The van der Waals surface area contributed by atoms with Gasteiger partial charge in [-0.2, -0.15) is 0 Å². The molecule has 22 heavy (non-hydrogen) atoms. The zero-order chi connectivity index (χ0) is 16.3. The predicted molar refractivity (Wildman–Crippen MR) is 75.6 cm³/mol. The molecular weight excluding hydrogens is 292 g/mol. The Morgan fingerprint density at radius 3 is 2.73 bits per heavy atom. The second kappa shape index (κ2) is 4.76. The van der Waals surface area contributed by atoms with Crippen molar-refractivity contribution in [3.63, 3.8) is 0 Å². The number of H-pyrrole nitrogens is 1. The second-order valence-corrected chi connectivity index (χ2v) is 6.47. The van der Waals surface area contributed by atoms with Crippen LogP contribution in [-0.4, -0.2) is 49.8 Å². The normalized spacial score (nSPS) is 34.9. The Kier molecular flexibility index (Phi) is 3.33. The van der Waals surface area contributed by atoms with E-state index in [1.165, 1.54) is 10.8 Å². The van der Waals surface area contributed by atoms with Crippen LogP contribution in [0.4, 0.5) is 0 Å². The molecule has 0 saturated carbocycles. The fourth-order valence-corrected chi connectivity index (χ4v) is 3.30. The van der Waals surface area contributed by atoms with E-state index in [1.54, 1.807) is 20.8 Å². The molecule has 2 fully saturated rings. The number of aromatic amines is 1. The molecule has 4 atom stereocenters. The van der Waals surface area contributed by atoms with Crippen molar-refractivity contribution >= 4 is 0 Å². The zero-order valence-electron chi connectivity index (χ0n) is 12.7. The molecule has 3 rings (SSSR count). The van der Waals surface area contributed by atoms with Crippen LogP contribution in [0.1, 0.15) is 32.1 Å². The van der Waals surface area contributed by atoms with E-state index in [0.717, 1.165) is 0 Å². The molecule has 0 radical (unpaired) electrons. The number of fused-ring (bicyclic) bond motifs is 2. The lowest BCUT2D eigenvalue weighted by Crippen LogP contribution is -2.61. The van der Waals surface area contributed by atoms with E-state index in [-0.39, 0.29) is 0 Å². The highest BCUT2D eigenvalue weighted by Gasteiger charge is 2.64. The number of hydrogen-bond acceptors (Lipinski definition) is 6. The molecule has 2 bridgehead atoms. The number of nitrogens with zero attached hydrogens (tertiary/aromatic N) is 1. The standard InChI is InChI=1S/C14H20N2O6/c1-7-6-16(12(19)15-10(7)18)11-8-9(17)14(22-11,4-5-21-8)13(2,3)20/h6,8-9,11,17,20H,4-5H2,1-3H3,(H,15,18,19)/t8?,9?,11-,14+/m1/s1. The van der Waals surface area contributed by atoms with Gasteiger partial charge in [0.25, 0.3) is 5.56 Å². The minimum absolute atomic E-state index is 0.305. The van der Waals surface area contributed by atoms with Crippen LogP contribution in [0, 0.1) is 6.92 Å². The molecule has 3 N–H and O–H groups in total. The van der Waals surface area contributed by atoms with Gasteiger partial charge in [-0.1, -0.05) is 0 Å². The quantitative estimate of drug-likeness (QED) is 0.648. The van der Waals surface area contributed by atoms with Gasteiger partial charge in [0.2, 0.25) is 0 Å². The van der Waals surface area contributed by atoms with Crippen molar-refractivity contribution in [1.29, 1.82) is 0 Å². The van der Waals surface area contributed by atoms with Gasteiger partial charge in [0.1, 0.15) is 17.8 Å². The van der Waals surface area contributed by atoms with Crippen molar-refractivity contribution in [2.75, 3.05) is 6.61 Å². The number of ether oxygens (including phenoxy) is 2. The first-order valence-corrected chi connectivity index (χ1v) is 7.19. The maximum Gasteiger partial charge on any atom is 0.330 e. The van der Waals surface area contributed by atoms with E-state index in [0.29, 0.717) is 18.6 Å². The molecule has 8 nitrogen and oxygen atoms in total. The molecule has 0 aromatic carbocycles. The zero-order valence-corrected chi connectivity index (χ0v) is 12.7. The Balaban J connectivity index is 2.10. The van der Waals surface area contributed by atoms with Gasteiger partial charge in [-0.3, -0.25) is 14.3 Å². The summed E-state index contributed by atoms with van der Waals surface area (Å²) in [6.07, 6.45) is -1.09. The van der Waals surface area contributed by atoms with Crippen LogP contribution >= 0.6 is 0 Å². The summed E-state index contributed by atoms with van der Waals surface area (Å²) < 4.78 is 12.7. The van der Waals surface area contributed by atoms with Gasteiger partial charge in [0.15, 0.2) is 6.23 Å². The van der Waals surface area contributed by atoms with E-state index in [9.17, 15) is 19.8 Å². The SMILES string of the molecule is Cc1cn([C@@H]2O[C@@]3(C(C)(C)O)CCOC2C3O)c(=O)[nH]c1=O. The highest BCUT2D eigenvalue weighted by molar-refractivity contribution is 5.13.